The molecule has 7 nitrogen and oxygen atoms in total. The van der Waals surface area contributed by atoms with Crippen LogP contribution in [-0.2, 0) is 16.6 Å². The van der Waals surface area contributed by atoms with Crippen LogP contribution in [0, 0.1) is 13.8 Å². The molecule has 2 rings (SSSR count). The van der Waals surface area contributed by atoms with Gasteiger partial charge < -0.3 is 9.52 Å². The summed E-state index contributed by atoms with van der Waals surface area (Å²) in [4.78, 5) is 14.7. The largest absolute Gasteiger partial charge is 0.475 e. The molecule has 2 aromatic heterocycles. The lowest BCUT2D eigenvalue weighted by Crippen LogP contribution is -2.22. The second kappa shape index (κ2) is 5.35. The molecule has 0 atom stereocenters. The van der Waals surface area contributed by atoms with Gasteiger partial charge in [0.05, 0.1) is 17.2 Å². The molecule has 0 saturated heterocycles. The number of nitrogens with zero attached hydrogens (tertiary/aromatic N) is 1. The van der Waals surface area contributed by atoms with Crippen LogP contribution in [0.2, 0.25) is 0 Å². The Kier molecular flexibility index (Phi) is 3.93. The minimum absolute atomic E-state index is 0.119. The second-order valence-electron chi connectivity index (χ2n) is 4.00. The second-order valence-corrected chi connectivity index (χ2v) is 7.17. The first-order chi connectivity index (χ1) is 9.29. The Morgan fingerprint density at radius 3 is 2.65 bits per heavy atom. The molecule has 0 aliphatic carbocycles. The van der Waals surface area contributed by atoms with Gasteiger partial charge in [0.1, 0.15) is 5.76 Å². The molecule has 2 heterocycles. The van der Waals surface area contributed by atoms with E-state index in [0.717, 1.165) is 11.3 Å². The van der Waals surface area contributed by atoms with Crippen molar-refractivity contribution in [2.45, 2.75) is 24.6 Å². The molecule has 108 valence electrons. The summed E-state index contributed by atoms with van der Waals surface area (Å²) in [5, 5.41) is 9.37. The summed E-state index contributed by atoms with van der Waals surface area (Å²) >= 11 is 1.08. The third-order valence-electron chi connectivity index (χ3n) is 2.41. The summed E-state index contributed by atoms with van der Waals surface area (Å²) in [5.41, 5.74) is 0.436. The van der Waals surface area contributed by atoms with Gasteiger partial charge in [0, 0.05) is 0 Å². The Bertz CT molecular complexity index is 745. The van der Waals surface area contributed by atoms with Crippen molar-refractivity contribution in [1.82, 2.24) is 9.71 Å². The van der Waals surface area contributed by atoms with Crippen molar-refractivity contribution >= 4 is 27.3 Å². The van der Waals surface area contributed by atoms with E-state index >= 15 is 0 Å². The number of aromatic carboxylic acids is 1. The van der Waals surface area contributed by atoms with E-state index in [1.54, 1.807) is 13.8 Å². The molecular weight excluding hydrogens is 304 g/mol. The van der Waals surface area contributed by atoms with Crippen molar-refractivity contribution in [3.05, 3.63) is 34.4 Å². The standard InChI is InChI=1S/C11H12N2O5S2/c1-6-11(19-7(2)13-6)20(16,17)12-5-8-3-4-9(18-8)10(14)15/h3-4,12H,5H2,1-2H3,(H,14,15). The molecule has 0 fully saturated rings. The van der Waals surface area contributed by atoms with Crippen molar-refractivity contribution in [2.75, 3.05) is 0 Å². The average Bonchev–Trinajstić information content (AvgIpc) is 2.93. The summed E-state index contributed by atoms with van der Waals surface area (Å²) in [6.07, 6.45) is 0. The van der Waals surface area contributed by atoms with Gasteiger partial charge in [-0.1, -0.05) is 0 Å². The summed E-state index contributed by atoms with van der Waals surface area (Å²) in [7, 11) is -3.68. The van der Waals surface area contributed by atoms with Crippen LogP contribution >= 0.6 is 11.3 Å². The van der Waals surface area contributed by atoms with Crippen LogP contribution in [0.15, 0.2) is 20.8 Å². The van der Waals surface area contributed by atoms with Crippen LogP contribution in [0.5, 0.6) is 0 Å². The first kappa shape index (κ1) is 14.7. The molecule has 0 aliphatic rings. The van der Waals surface area contributed by atoms with Crippen LogP contribution in [0.1, 0.15) is 27.0 Å². The molecule has 2 N–H and O–H groups in total. The normalized spacial score (nSPS) is 11.7. The van der Waals surface area contributed by atoms with Gasteiger partial charge in [-0.05, 0) is 26.0 Å². The Hall–Kier alpha value is -1.71. The number of sulfonamides is 1. The highest BCUT2D eigenvalue weighted by molar-refractivity contribution is 7.91. The van der Waals surface area contributed by atoms with Crippen molar-refractivity contribution in [3.63, 3.8) is 0 Å². The maximum Gasteiger partial charge on any atom is 0.371 e. The van der Waals surface area contributed by atoms with E-state index in [1.165, 1.54) is 12.1 Å². The zero-order valence-electron chi connectivity index (χ0n) is 10.7. The number of aromatic nitrogens is 1. The first-order valence-corrected chi connectivity index (χ1v) is 7.85. The zero-order valence-corrected chi connectivity index (χ0v) is 12.3. The molecule has 0 aromatic carbocycles. The smallest absolute Gasteiger partial charge is 0.371 e. The van der Waals surface area contributed by atoms with Crippen LogP contribution in [0.3, 0.4) is 0 Å². The van der Waals surface area contributed by atoms with E-state index in [0.29, 0.717) is 10.7 Å². The number of rotatable bonds is 5. The summed E-state index contributed by atoms with van der Waals surface area (Å²) < 4.78 is 31.6. The van der Waals surface area contributed by atoms with E-state index < -0.39 is 16.0 Å². The Morgan fingerprint density at radius 2 is 2.15 bits per heavy atom. The lowest BCUT2D eigenvalue weighted by atomic mass is 10.4. The van der Waals surface area contributed by atoms with Crippen LogP contribution < -0.4 is 4.72 Å². The minimum atomic E-state index is -3.68. The molecular formula is C11H12N2O5S2. The topological polar surface area (TPSA) is 110 Å². The molecule has 0 amide bonds. The highest BCUT2D eigenvalue weighted by Gasteiger charge is 2.21. The number of hydrogen-bond acceptors (Lipinski definition) is 6. The predicted octanol–water partition coefficient (Wildman–Crippen LogP) is 1.53. The highest BCUT2D eigenvalue weighted by atomic mass is 32.2. The number of carboxylic acids is 1. The molecule has 0 bridgehead atoms. The zero-order chi connectivity index (χ0) is 14.9. The molecule has 9 heteroatoms. The Balaban J connectivity index is 2.13. The molecule has 0 saturated carbocycles. The van der Waals surface area contributed by atoms with Gasteiger partial charge in [0.25, 0.3) is 10.0 Å². The van der Waals surface area contributed by atoms with E-state index in [4.69, 9.17) is 9.52 Å². The summed E-state index contributed by atoms with van der Waals surface area (Å²) in [6.45, 7) is 3.22. The third kappa shape index (κ3) is 3.06. The monoisotopic (exact) mass is 316 g/mol. The van der Waals surface area contributed by atoms with E-state index in [9.17, 15) is 13.2 Å². The van der Waals surface area contributed by atoms with E-state index in [1.807, 2.05) is 0 Å². The maximum absolute atomic E-state index is 12.1. The molecule has 0 radical (unpaired) electrons. The van der Waals surface area contributed by atoms with Crippen LogP contribution in [0.25, 0.3) is 0 Å². The Morgan fingerprint density at radius 1 is 1.45 bits per heavy atom. The lowest BCUT2D eigenvalue weighted by molar-refractivity contribution is 0.0660. The third-order valence-corrected chi connectivity index (χ3v) is 5.50. The fourth-order valence-electron chi connectivity index (χ4n) is 1.58. The van der Waals surface area contributed by atoms with Gasteiger partial charge in [-0.25, -0.2) is 22.9 Å². The highest BCUT2D eigenvalue weighted by Crippen LogP contribution is 2.22. The number of hydrogen-bond donors (Lipinski definition) is 2. The molecule has 0 unspecified atom stereocenters. The number of thiazole rings is 1. The number of aryl methyl sites for hydroxylation is 2. The van der Waals surface area contributed by atoms with E-state index in [2.05, 4.69) is 9.71 Å². The average molecular weight is 316 g/mol. The maximum atomic E-state index is 12.1. The van der Waals surface area contributed by atoms with Gasteiger partial charge in [-0.15, -0.1) is 11.3 Å². The number of carbonyl (C=O) groups is 1. The van der Waals surface area contributed by atoms with Crippen molar-refractivity contribution < 1.29 is 22.7 Å². The van der Waals surface area contributed by atoms with Crippen molar-refractivity contribution in [1.29, 1.82) is 0 Å². The van der Waals surface area contributed by atoms with Crippen LogP contribution in [0.4, 0.5) is 0 Å². The molecule has 0 aliphatic heterocycles. The van der Waals surface area contributed by atoms with Gasteiger partial charge in [-0.2, -0.15) is 0 Å². The fraction of sp³-hybridized carbons (Fsp3) is 0.273. The number of furan rings is 1. The van der Waals surface area contributed by atoms with Gasteiger partial charge in [0.15, 0.2) is 4.21 Å². The summed E-state index contributed by atoms with van der Waals surface area (Å²) in [6, 6.07) is 2.69. The molecule has 2 aromatic rings. The molecule has 20 heavy (non-hydrogen) atoms. The van der Waals surface area contributed by atoms with Gasteiger partial charge in [-0.3, -0.25) is 0 Å². The van der Waals surface area contributed by atoms with Crippen LogP contribution in [-0.4, -0.2) is 24.5 Å². The first-order valence-electron chi connectivity index (χ1n) is 5.55. The lowest BCUT2D eigenvalue weighted by Gasteiger charge is -2.03. The number of nitrogens with one attached hydrogen (secondary N) is 1. The Labute approximate surface area is 119 Å². The number of carboxylic acid groups (broad SMARTS) is 1. The quantitative estimate of drug-likeness (QED) is 0.865. The molecule has 0 spiro atoms. The van der Waals surface area contributed by atoms with Gasteiger partial charge >= 0.3 is 5.97 Å². The SMILES string of the molecule is Cc1nc(C)c(S(=O)(=O)NCc2ccc(C(=O)O)o2)s1. The predicted molar refractivity (Wildman–Crippen MR) is 71.3 cm³/mol. The minimum Gasteiger partial charge on any atom is -0.475 e. The van der Waals surface area contributed by atoms with Crippen molar-refractivity contribution in [3.8, 4) is 0 Å². The van der Waals surface area contributed by atoms with Gasteiger partial charge in [0.2, 0.25) is 5.76 Å². The fourth-order valence-corrected chi connectivity index (χ4v) is 4.10. The van der Waals surface area contributed by atoms with Crippen molar-refractivity contribution in [2.24, 2.45) is 0 Å². The summed E-state index contributed by atoms with van der Waals surface area (Å²) in [5.74, 6) is -1.21. The van der Waals surface area contributed by atoms with E-state index in [-0.39, 0.29) is 22.3 Å².